The molecule has 0 radical (unpaired) electrons. The number of carbonyl (C=O) groups is 1. The molecule has 0 unspecified atom stereocenters. The van der Waals surface area contributed by atoms with Crippen molar-refractivity contribution in [1.82, 2.24) is 15.5 Å². The molecule has 1 N–H and O–H groups in total. The van der Waals surface area contributed by atoms with E-state index < -0.39 is 0 Å². The standard InChI is InChI=1S/C15H15N3O2S/c19-14(16-8-11-7-9-3-4-10(11)6-9)15-17-13(18-20-15)12-2-1-5-21-12/h1-5,9-11H,6-8H2,(H,16,19)/t9-,10+,11+/m1/s1. The van der Waals surface area contributed by atoms with Crippen LogP contribution in [0.5, 0.6) is 0 Å². The minimum Gasteiger partial charge on any atom is -0.348 e. The molecule has 6 heteroatoms. The summed E-state index contributed by atoms with van der Waals surface area (Å²) >= 11 is 1.52. The van der Waals surface area contributed by atoms with E-state index in [0.717, 1.165) is 4.88 Å². The van der Waals surface area contributed by atoms with Crippen molar-refractivity contribution >= 4 is 17.2 Å². The highest BCUT2D eigenvalue weighted by Gasteiger charge is 2.35. The summed E-state index contributed by atoms with van der Waals surface area (Å²) in [4.78, 5) is 17.1. The second-order valence-corrected chi connectivity index (χ2v) is 6.60. The minimum atomic E-state index is -0.281. The third kappa shape index (κ3) is 2.40. The van der Waals surface area contributed by atoms with E-state index in [-0.39, 0.29) is 11.8 Å². The van der Waals surface area contributed by atoms with Gasteiger partial charge < -0.3 is 9.84 Å². The van der Waals surface area contributed by atoms with Gasteiger partial charge in [0.2, 0.25) is 5.82 Å². The lowest BCUT2D eigenvalue weighted by Gasteiger charge is -2.17. The number of aromatic nitrogens is 2. The maximum atomic E-state index is 12.1. The number of carbonyl (C=O) groups excluding carboxylic acids is 1. The first-order chi connectivity index (χ1) is 10.3. The number of allylic oxidation sites excluding steroid dienone is 2. The number of fused-ring (bicyclic) bond motifs is 2. The lowest BCUT2D eigenvalue weighted by molar-refractivity contribution is 0.0901. The number of nitrogens with one attached hydrogen (secondary N) is 1. The fraction of sp³-hybridized carbons (Fsp3) is 0.400. The van der Waals surface area contributed by atoms with Crippen LogP contribution < -0.4 is 5.32 Å². The maximum absolute atomic E-state index is 12.1. The number of hydrogen-bond donors (Lipinski definition) is 1. The Labute approximate surface area is 126 Å². The minimum absolute atomic E-state index is 0.0390. The third-order valence-electron chi connectivity index (χ3n) is 4.30. The van der Waals surface area contributed by atoms with Crippen LogP contribution in [-0.2, 0) is 0 Å². The molecule has 2 heterocycles. The molecule has 0 spiro atoms. The Hall–Kier alpha value is -1.95. The topological polar surface area (TPSA) is 68.0 Å². The number of rotatable bonds is 4. The Bertz CT molecular complexity index is 677. The van der Waals surface area contributed by atoms with Crippen molar-refractivity contribution in [3.05, 3.63) is 35.6 Å². The van der Waals surface area contributed by atoms with Gasteiger partial charge in [-0.05, 0) is 42.0 Å². The van der Waals surface area contributed by atoms with Gasteiger partial charge in [0.15, 0.2) is 0 Å². The lowest BCUT2D eigenvalue weighted by Crippen LogP contribution is -2.31. The van der Waals surface area contributed by atoms with Gasteiger partial charge in [-0.25, -0.2) is 0 Å². The molecule has 2 aromatic heterocycles. The third-order valence-corrected chi connectivity index (χ3v) is 5.17. The van der Waals surface area contributed by atoms with Gasteiger partial charge in [0.1, 0.15) is 0 Å². The Balaban J connectivity index is 1.38. The molecule has 21 heavy (non-hydrogen) atoms. The Morgan fingerprint density at radius 2 is 2.38 bits per heavy atom. The van der Waals surface area contributed by atoms with Crippen molar-refractivity contribution in [1.29, 1.82) is 0 Å². The van der Waals surface area contributed by atoms with E-state index >= 15 is 0 Å². The molecule has 3 atom stereocenters. The van der Waals surface area contributed by atoms with Gasteiger partial charge in [0, 0.05) is 6.54 Å². The molecule has 1 amide bonds. The highest BCUT2D eigenvalue weighted by molar-refractivity contribution is 7.13. The van der Waals surface area contributed by atoms with E-state index in [4.69, 9.17) is 4.52 Å². The molecular formula is C15H15N3O2S. The van der Waals surface area contributed by atoms with Crippen molar-refractivity contribution in [2.45, 2.75) is 12.8 Å². The Morgan fingerprint density at radius 1 is 1.43 bits per heavy atom. The van der Waals surface area contributed by atoms with Gasteiger partial charge in [-0.1, -0.05) is 23.4 Å². The van der Waals surface area contributed by atoms with Gasteiger partial charge in [0.25, 0.3) is 0 Å². The highest BCUT2D eigenvalue weighted by Crippen LogP contribution is 2.42. The van der Waals surface area contributed by atoms with E-state index in [1.54, 1.807) is 0 Å². The van der Waals surface area contributed by atoms with E-state index in [1.165, 1.54) is 24.2 Å². The summed E-state index contributed by atoms with van der Waals surface area (Å²) in [6.07, 6.45) is 7.00. The van der Waals surface area contributed by atoms with Crippen LogP contribution in [0.15, 0.2) is 34.2 Å². The van der Waals surface area contributed by atoms with Crippen molar-refractivity contribution < 1.29 is 9.32 Å². The number of thiophene rings is 1. The monoisotopic (exact) mass is 301 g/mol. The molecule has 0 aromatic carbocycles. The molecule has 1 fully saturated rings. The summed E-state index contributed by atoms with van der Waals surface area (Å²) < 4.78 is 5.05. The van der Waals surface area contributed by atoms with Crippen LogP contribution in [-0.4, -0.2) is 22.6 Å². The zero-order valence-electron chi connectivity index (χ0n) is 11.4. The van der Waals surface area contributed by atoms with Crippen LogP contribution in [0.4, 0.5) is 0 Å². The SMILES string of the molecule is O=C(NC[C@@H]1C[C@@H]2C=C[C@H]1C2)c1nc(-c2cccs2)no1. The molecule has 1 saturated carbocycles. The highest BCUT2D eigenvalue weighted by atomic mass is 32.1. The first kappa shape index (κ1) is 12.8. The Kier molecular flexibility index (Phi) is 3.11. The fourth-order valence-corrected chi connectivity index (χ4v) is 3.90. The molecule has 2 aliphatic rings. The van der Waals surface area contributed by atoms with Crippen molar-refractivity contribution in [3.63, 3.8) is 0 Å². The maximum Gasteiger partial charge on any atom is 0.316 e. The largest absolute Gasteiger partial charge is 0.348 e. The molecule has 5 nitrogen and oxygen atoms in total. The summed E-state index contributed by atoms with van der Waals surface area (Å²) in [7, 11) is 0. The van der Waals surface area contributed by atoms with Crippen LogP contribution in [0.3, 0.4) is 0 Å². The normalized spacial score (nSPS) is 26.4. The average Bonchev–Trinajstić information content (AvgIpc) is 3.28. The van der Waals surface area contributed by atoms with Crippen LogP contribution in [0.25, 0.3) is 10.7 Å². The van der Waals surface area contributed by atoms with Gasteiger partial charge in [-0.2, -0.15) is 4.98 Å². The molecule has 4 rings (SSSR count). The molecular weight excluding hydrogens is 286 g/mol. The summed E-state index contributed by atoms with van der Waals surface area (Å²) in [5.74, 6) is 2.11. The number of amides is 1. The molecule has 2 aliphatic carbocycles. The predicted molar refractivity (Wildman–Crippen MR) is 78.8 cm³/mol. The van der Waals surface area contributed by atoms with E-state index in [1.807, 2.05) is 17.5 Å². The van der Waals surface area contributed by atoms with Crippen LogP contribution in [0, 0.1) is 17.8 Å². The molecule has 108 valence electrons. The lowest BCUT2D eigenvalue weighted by atomic mass is 9.94. The van der Waals surface area contributed by atoms with Crippen LogP contribution in [0.1, 0.15) is 23.5 Å². The van der Waals surface area contributed by atoms with E-state index in [0.29, 0.717) is 30.1 Å². The van der Waals surface area contributed by atoms with Gasteiger partial charge in [0.05, 0.1) is 4.88 Å². The van der Waals surface area contributed by atoms with Gasteiger partial charge in [-0.3, -0.25) is 4.79 Å². The molecule has 2 bridgehead atoms. The molecule has 2 aromatic rings. The number of nitrogens with zero attached hydrogens (tertiary/aromatic N) is 2. The second kappa shape index (κ2) is 5.11. The zero-order valence-corrected chi connectivity index (χ0v) is 12.2. The first-order valence-corrected chi connectivity index (χ1v) is 8.01. The van der Waals surface area contributed by atoms with Crippen LogP contribution in [0.2, 0.25) is 0 Å². The summed E-state index contributed by atoms with van der Waals surface area (Å²) in [5.41, 5.74) is 0. The summed E-state index contributed by atoms with van der Waals surface area (Å²) in [6, 6.07) is 3.82. The molecule has 0 aliphatic heterocycles. The average molecular weight is 301 g/mol. The van der Waals surface area contributed by atoms with Gasteiger partial charge >= 0.3 is 11.8 Å². The smallest absolute Gasteiger partial charge is 0.316 e. The van der Waals surface area contributed by atoms with Crippen LogP contribution >= 0.6 is 11.3 Å². The summed E-state index contributed by atoms with van der Waals surface area (Å²) in [5, 5.41) is 8.71. The second-order valence-electron chi connectivity index (χ2n) is 5.65. The van der Waals surface area contributed by atoms with Crippen molar-refractivity contribution in [2.75, 3.05) is 6.54 Å². The number of hydrogen-bond acceptors (Lipinski definition) is 5. The Morgan fingerprint density at radius 3 is 3.10 bits per heavy atom. The fourth-order valence-electron chi connectivity index (χ4n) is 3.25. The van der Waals surface area contributed by atoms with E-state index in [9.17, 15) is 4.79 Å². The predicted octanol–water partition coefficient (Wildman–Crippen LogP) is 2.74. The van der Waals surface area contributed by atoms with Crippen molar-refractivity contribution in [3.8, 4) is 10.7 Å². The summed E-state index contributed by atoms with van der Waals surface area (Å²) in [6.45, 7) is 0.682. The quantitative estimate of drug-likeness (QED) is 0.882. The van der Waals surface area contributed by atoms with Crippen molar-refractivity contribution in [2.24, 2.45) is 17.8 Å². The molecule has 0 saturated heterocycles. The van der Waals surface area contributed by atoms with Gasteiger partial charge in [-0.15, -0.1) is 11.3 Å². The first-order valence-electron chi connectivity index (χ1n) is 7.13. The van der Waals surface area contributed by atoms with E-state index in [2.05, 4.69) is 27.6 Å². The zero-order chi connectivity index (χ0) is 14.2.